The molecule has 1 fully saturated rings. The van der Waals surface area contributed by atoms with Crippen LogP contribution in [0.3, 0.4) is 0 Å². The Labute approximate surface area is 164 Å². The van der Waals surface area contributed by atoms with Crippen LogP contribution in [0.5, 0.6) is 5.75 Å². The molecule has 28 heavy (non-hydrogen) atoms. The molecular weight excluding hydrogens is 358 g/mol. The highest BCUT2D eigenvalue weighted by atomic mass is 16.5. The summed E-state index contributed by atoms with van der Waals surface area (Å²) in [5.74, 6) is 0.0500. The standard InChI is InChI=1S/C22H25NO5/c1-15-12-23(13-16(2)28-15)21(24)14-27-22(25)9-5-17-4-6-19-11-20(26-3)8-7-18(19)10-17/h4-11,15-16H,12-14H2,1-3H3/b9-5+/t15-,16-/m0/s1. The van der Waals surface area contributed by atoms with Crippen LogP contribution < -0.4 is 4.74 Å². The van der Waals surface area contributed by atoms with Crippen molar-refractivity contribution in [2.45, 2.75) is 26.1 Å². The van der Waals surface area contributed by atoms with Crippen molar-refractivity contribution in [3.05, 3.63) is 48.0 Å². The van der Waals surface area contributed by atoms with E-state index in [0.29, 0.717) is 13.1 Å². The number of carbonyl (C=O) groups is 2. The quantitative estimate of drug-likeness (QED) is 0.587. The van der Waals surface area contributed by atoms with Crippen LogP contribution in [0, 0.1) is 0 Å². The Kier molecular flexibility index (Phi) is 6.31. The fourth-order valence-corrected chi connectivity index (χ4v) is 3.29. The van der Waals surface area contributed by atoms with E-state index < -0.39 is 5.97 Å². The van der Waals surface area contributed by atoms with Gasteiger partial charge in [-0.2, -0.15) is 0 Å². The zero-order chi connectivity index (χ0) is 20.1. The minimum atomic E-state index is -0.544. The third kappa shape index (κ3) is 5.10. The smallest absolute Gasteiger partial charge is 0.331 e. The molecule has 1 saturated heterocycles. The van der Waals surface area contributed by atoms with Gasteiger partial charge in [0.05, 0.1) is 19.3 Å². The number of esters is 1. The molecule has 6 heteroatoms. The molecule has 0 aliphatic carbocycles. The molecule has 0 bridgehead atoms. The van der Waals surface area contributed by atoms with E-state index in [9.17, 15) is 9.59 Å². The summed E-state index contributed by atoms with van der Waals surface area (Å²) >= 11 is 0. The van der Waals surface area contributed by atoms with Crippen molar-refractivity contribution in [2.75, 3.05) is 26.8 Å². The monoisotopic (exact) mass is 383 g/mol. The van der Waals surface area contributed by atoms with E-state index in [4.69, 9.17) is 14.2 Å². The van der Waals surface area contributed by atoms with Crippen LogP contribution in [-0.4, -0.2) is 55.8 Å². The topological polar surface area (TPSA) is 65.1 Å². The Hall–Kier alpha value is -2.86. The predicted molar refractivity (Wildman–Crippen MR) is 107 cm³/mol. The van der Waals surface area contributed by atoms with Crippen molar-refractivity contribution in [1.82, 2.24) is 4.90 Å². The number of nitrogens with zero attached hydrogens (tertiary/aromatic N) is 1. The predicted octanol–water partition coefficient (Wildman–Crippen LogP) is 3.04. The normalized spacial score (nSPS) is 19.8. The summed E-state index contributed by atoms with van der Waals surface area (Å²) < 4.78 is 15.9. The lowest BCUT2D eigenvalue weighted by Crippen LogP contribution is -2.49. The van der Waals surface area contributed by atoms with Gasteiger partial charge in [0.2, 0.25) is 0 Å². The van der Waals surface area contributed by atoms with Gasteiger partial charge < -0.3 is 19.1 Å². The highest BCUT2D eigenvalue weighted by molar-refractivity contribution is 5.91. The van der Waals surface area contributed by atoms with Gasteiger partial charge in [-0.3, -0.25) is 4.79 Å². The Balaban J connectivity index is 1.55. The number of fused-ring (bicyclic) bond motifs is 1. The average molecular weight is 383 g/mol. The molecule has 1 aliphatic rings. The molecule has 1 heterocycles. The van der Waals surface area contributed by atoms with Gasteiger partial charge in [-0.05, 0) is 54.5 Å². The first-order valence-electron chi connectivity index (χ1n) is 9.30. The van der Waals surface area contributed by atoms with Crippen LogP contribution in [-0.2, 0) is 19.1 Å². The van der Waals surface area contributed by atoms with Gasteiger partial charge in [-0.1, -0.05) is 18.2 Å². The first-order valence-corrected chi connectivity index (χ1v) is 9.30. The fraction of sp³-hybridized carbons (Fsp3) is 0.364. The van der Waals surface area contributed by atoms with Crippen molar-refractivity contribution in [3.63, 3.8) is 0 Å². The van der Waals surface area contributed by atoms with Gasteiger partial charge in [0, 0.05) is 19.2 Å². The third-order valence-corrected chi connectivity index (χ3v) is 4.59. The van der Waals surface area contributed by atoms with Crippen LogP contribution in [0.1, 0.15) is 19.4 Å². The molecule has 0 N–H and O–H groups in total. The highest BCUT2D eigenvalue weighted by Crippen LogP contribution is 2.22. The third-order valence-electron chi connectivity index (χ3n) is 4.59. The van der Waals surface area contributed by atoms with E-state index in [1.807, 2.05) is 50.2 Å². The molecule has 0 radical (unpaired) electrons. The number of hydrogen-bond donors (Lipinski definition) is 0. The number of methoxy groups -OCH3 is 1. The summed E-state index contributed by atoms with van der Waals surface area (Å²) in [6, 6.07) is 11.7. The highest BCUT2D eigenvalue weighted by Gasteiger charge is 2.26. The van der Waals surface area contributed by atoms with E-state index in [1.165, 1.54) is 6.08 Å². The van der Waals surface area contributed by atoms with Gasteiger partial charge in [-0.15, -0.1) is 0 Å². The lowest BCUT2D eigenvalue weighted by atomic mass is 10.1. The van der Waals surface area contributed by atoms with E-state index in [2.05, 4.69) is 0 Å². The molecule has 0 spiro atoms. The number of hydrogen-bond acceptors (Lipinski definition) is 5. The van der Waals surface area contributed by atoms with Gasteiger partial charge >= 0.3 is 5.97 Å². The second-order valence-electron chi connectivity index (χ2n) is 6.97. The van der Waals surface area contributed by atoms with Crippen molar-refractivity contribution < 1.29 is 23.8 Å². The first kappa shape index (κ1) is 19.9. The van der Waals surface area contributed by atoms with Gasteiger partial charge in [0.25, 0.3) is 5.91 Å². The second kappa shape index (κ2) is 8.89. The first-order chi connectivity index (χ1) is 13.4. The molecule has 0 unspecified atom stereocenters. The number of rotatable bonds is 5. The number of benzene rings is 2. The van der Waals surface area contributed by atoms with Crippen LogP contribution >= 0.6 is 0 Å². The van der Waals surface area contributed by atoms with E-state index in [1.54, 1.807) is 18.1 Å². The van der Waals surface area contributed by atoms with Crippen molar-refractivity contribution in [3.8, 4) is 5.75 Å². The molecule has 2 atom stereocenters. The maximum atomic E-state index is 12.2. The van der Waals surface area contributed by atoms with E-state index in [-0.39, 0.29) is 24.7 Å². The zero-order valence-electron chi connectivity index (χ0n) is 16.4. The summed E-state index contributed by atoms with van der Waals surface area (Å²) in [7, 11) is 1.63. The minimum absolute atomic E-state index is 0.0174. The maximum Gasteiger partial charge on any atom is 0.331 e. The minimum Gasteiger partial charge on any atom is -0.497 e. The van der Waals surface area contributed by atoms with Crippen molar-refractivity contribution in [2.24, 2.45) is 0 Å². The molecular formula is C22H25NO5. The summed E-state index contributed by atoms with van der Waals surface area (Å²) in [5, 5.41) is 2.10. The lowest BCUT2D eigenvalue weighted by Gasteiger charge is -2.35. The molecule has 6 nitrogen and oxygen atoms in total. The molecule has 2 aromatic carbocycles. The number of carbonyl (C=O) groups excluding carboxylic acids is 2. The number of ether oxygens (including phenoxy) is 3. The number of amides is 1. The molecule has 148 valence electrons. The molecule has 0 saturated carbocycles. The van der Waals surface area contributed by atoms with Crippen molar-refractivity contribution in [1.29, 1.82) is 0 Å². The van der Waals surface area contributed by atoms with Crippen molar-refractivity contribution >= 4 is 28.7 Å². The van der Waals surface area contributed by atoms with Crippen LogP contribution in [0.15, 0.2) is 42.5 Å². The second-order valence-corrected chi connectivity index (χ2v) is 6.97. The van der Waals surface area contributed by atoms with E-state index >= 15 is 0 Å². The molecule has 1 amide bonds. The van der Waals surface area contributed by atoms with E-state index in [0.717, 1.165) is 22.1 Å². The Morgan fingerprint density at radius 3 is 2.50 bits per heavy atom. The van der Waals surface area contributed by atoms with Gasteiger partial charge in [0.1, 0.15) is 5.75 Å². The van der Waals surface area contributed by atoms with Crippen LogP contribution in [0.2, 0.25) is 0 Å². The summed E-state index contributed by atoms with van der Waals surface area (Å²) in [4.78, 5) is 25.9. The molecule has 1 aliphatic heterocycles. The average Bonchev–Trinajstić information content (AvgIpc) is 2.69. The summed E-state index contributed by atoms with van der Waals surface area (Å²) in [6.07, 6.45) is 2.98. The summed E-state index contributed by atoms with van der Waals surface area (Å²) in [6.45, 7) is 4.60. The Morgan fingerprint density at radius 2 is 1.79 bits per heavy atom. The number of morpholine rings is 1. The van der Waals surface area contributed by atoms with Crippen LogP contribution in [0.4, 0.5) is 0 Å². The Bertz CT molecular complexity index is 882. The van der Waals surface area contributed by atoms with Gasteiger partial charge in [-0.25, -0.2) is 4.79 Å². The lowest BCUT2D eigenvalue weighted by molar-refractivity contribution is -0.154. The largest absolute Gasteiger partial charge is 0.497 e. The SMILES string of the molecule is COc1ccc2cc(/C=C/C(=O)OCC(=O)N3C[C@H](C)O[C@@H](C)C3)ccc2c1. The molecule has 3 rings (SSSR count). The maximum absolute atomic E-state index is 12.2. The van der Waals surface area contributed by atoms with Gasteiger partial charge in [0.15, 0.2) is 6.61 Å². The zero-order valence-corrected chi connectivity index (χ0v) is 16.4. The summed E-state index contributed by atoms with van der Waals surface area (Å²) in [5.41, 5.74) is 0.872. The Morgan fingerprint density at radius 1 is 1.11 bits per heavy atom. The van der Waals surface area contributed by atoms with Crippen LogP contribution in [0.25, 0.3) is 16.8 Å². The fourth-order valence-electron chi connectivity index (χ4n) is 3.29. The molecule has 0 aromatic heterocycles. The molecule has 2 aromatic rings.